The predicted octanol–water partition coefficient (Wildman–Crippen LogP) is 13.4. The lowest BCUT2D eigenvalue weighted by Gasteiger charge is -2.39. The first-order chi connectivity index (χ1) is 48.1. The van der Waals surface area contributed by atoms with Crippen LogP contribution in [0.5, 0.6) is 11.5 Å². The molecular formula is C84H85N6O9+3. The molecule has 0 amide bonds. The van der Waals surface area contributed by atoms with Gasteiger partial charge in [-0.15, -0.1) is 0 Å². The SMILES string of the molecule is CCN(CC)c1ccc2c(-c3ccccc3C(=O)O)c3ccc(=[N+](CC)CC)cc-3oc2c1.CN(C)c1ccc2c(-c3ccccc3C(=O)O)c3ccc(=[N+](C)C)cc-3oc2c1.O=C(O)c1ccccc1C1=c2cc3c4c(c2Oc2c1cc1c5c2CCCN5CCC1)CCC[N+]=4CCC3. The summed E-state index contributed by atoms with van der Waals surface area (Å²) in [6, 6.07) is 51.0. The summed E-state index contributed by atoms with van der Waals surface area (Å²) in [6.45, 7) is 16.6. The average Bonchev–Trinajstić information content (AvgIpc) is 0.718. The van der Waals surface area contributed by atoms with Gasteiger partial charge in [0.15, 0.2) is 0 Å². The maximum absolute atomic E-state index is 12.4. The Morgan fingerprint density at radius 2 is 1.03 bits per heavy atom. The smallest absolute Gasteiger partial charge is 0.336 e. The van der Waals surface area contributed by atoms with Gasteiger partial charge in [0, 0.05) is 155 Å². The Labute approximate surface area is 576 Å². The molecule has 0 bridgehead atoms. The zero-order valence-corrected chi connectivity index (χ0v) is 57.8. The van der Waals surface area contributed by atoms with E-state index in [0.717, 1.165) is 215 Å². The van der Waals surface area contributed by atoms with Gasteiger partial charge in [-0.2, -0.15) is 0 Å². The third-order valence-electron chi connectivity index (χ3n) is 20.6. The van der Waals surface area contributed by atoms with Crippen molar-refractivity contribution in [2.24, 2.45) is 0 Å². The largest absolute Gasteiger partial charge is 0.478 e. The number of hydrogen-bond donors (Lipinski definition) is 3. The molecule has 0 atom stereocenters. The van der Waals surface area contributed by atoms with E-state index in [9.17, 15) is 29.7 Å². The van der Waals surface area contributed by atoms with E-state index in [0.29, 0.717) is 16.7 Å². The fourth-order valence-corrected chi connectivity index (χ4v) is 15.9. The standard InChI is InChI=1S/C32H30N2O3.C28H30N2O3.C24H22N2O3/c35-32(36)22-10-2-1-9-21(22)27-25-17-19-7-3-13-33-15-5-11-23(28(19)33)30(25)37-31-24-12-6-16-34-14-4-8-20(29(24)34)18-26(27)31;1-5-29(6-2)19-13-15-23-25(17-19)33-26-18-20(30(7-3)8-4)14-16-24(26)27(23)21-11-9-10-12-22(21)28(31)32;1-25(2)15-9-11-19-21(13-15)29-22-14-16(26(3)4)10-12-20(22)23(19)17-7-5-6-8-18(17)24(27)28/h1-2,9-10,17-18H,3-8,11-16H2;9-18H,5-8H2,1-4H3;5-14H,1-4H3/p+3. The van der Waals surface area contributed by atoms with Gasteiger partial charge in [-0.05, 0) is 155 Å². The fraction of sp³-hybridized carbons (Fsp3) is 0.286. The van der Waals surface area contributed by atoms with Crippen LogP contribution < -0.4 is 54.5 Å². The van der Waals surface area contributed by atoms with Crippen LogP contribution in [0.15, 0.2) is 167 Å². The van der Waals surface area contributed by atoms with Crippen LogP contribution in [0.25, 0.3) is 72.4 Å². The lowest BCUT2D eigenvalue weighted by atomic mass is 9.82. The Morgan fingerprint density at radius 3 is 1.61 bits per heavy atom. The summed E-state index contributed by atoms with van der Waals surface area (Å²) in [4.78, 5) is 43.3. The molecule has 0 spiro atoms. The van der Waals surface area contributed by atoms with E-state index in [1.54, 1.807) is 30.3 Å². The van der Waals surface area contributed by atoms with Gasteiger partial charge in [-0.1, -0.05) is 54.6 Å². The number of nitrogens with zero attached hydrogens (tertiary/aromatic N) is 6. The van der Waals surface area contributed by atoms with Crippen molar-refractivity contribution in [3.05, 3.63) is 229 Å². The number of ether oxygens (including phenoxy) is 1. The van der Waals surface area contributed by atoms with Crippen molar-refractivity contribution < 1.29 is 43.3 Å². The van der Waals surface area contributed by atoms with Crippen LogP contribution in [-0.4, -0.2) is 114 Å². The van der Waals surface area contributed by atoms with Crippen LogP contribution in [0.2, 0.25) is 0 Å². The van der Waals surface area contributed by atoms with Crippen molar-refractivity contribution in [3.63, 3.8) is 0 Å². The van der Waals surface area contributed by atoms with Crippen LogP contribution in [0.3, 0.4) is 0 Å². The van der Waals surface area contributed by atoms with Crippen molar-refractivity contribution in [3.8, 4) is 56.4 Å². The highest BCUT2D eigenvalue weighted by molar-refractivity contribution is 6.09. The number of carboxylic acid groups (broad SMARTS) is 3. The summed E-state index contributed by atoms with van der Waals surface area (Å²) in [5.74, 6) is 0.640. The van der Waals surface area contributed by atoms with Gasteiger partial charge < -0.3 is 43.6 Å². The highest BCUT2D eigenvalue weighted by Crippen LogP contribution is 2.50. The van der Waals surface area contributed by atoms with Gasteiger partial charge in [0.2, 0.25) is 16.1 Å². The second-order valence-corrected chi connectivity index (χ2v) is 26.7. The summed E-state index contributed by atoms with van der Waals surface area (Å²) in [7, 11) is 7.92. The lowest BCUT2D eigenvalue weighted by Crippen LogP contribution is -2.45. The second kappa shape index (κ2) is 27.2. The number of rotatable bonds is 12. The fourth-order valence-electron chi connectivity index (χ4n) is 15.9. The monoisotopic (exact) mass is 1320 g/mol. The zero-order chi connectivity index (χ0) is 68.9. The number of benzene rings is 9. The van der Waals surface area contributed by atoms with Crippen molar-refractivity contribution >= 4 is 62.5 Å². The number of aromatic carboxylic acids is 3. The molecule has 15 nitrogen and oxygen atoms in total. The van der Waals surface area contributed by atoms with Gasteiger partial charge in [0.05, 0.1) is 34.4 Å². The molecule has 2 aliphatic carbocycles. The Morgan fingerprint density at radius 1 is 0.515 bits per heavy atom. The third-order valence-corrected chi connectivity index (χ3v) is 20.6. The minimum absolute atomic E-state index is 0.273. The minimum Gasteiger partial charge on any atom is -0.478 e. The van der Waals surface area contributed by atoms with Crippen molar-refractivity contribution in [2.75, 3.05) is 95.2 Å². The molecule has 99 heavy (non-hydrogen) atoms. The molecule has 7 heterocycles. The molecule has 0 saturated carbocycles. The van der Waals surface area contributed by atoms with Crippen molar-refractivity contribution in [1.82, 2.24) is 13.7 Å². The van der Waals surface area contributed by atoms with E-state index in [-0.39, 0.29) is 11.1 Å². The van der Waals surface area contributed by atoms with Crippen LogP contribution >= 0.6 is 0 Å². The minimum atomic E-state index is -0.947. The topological polar surface area (TPSA) is 166 Å². The summed E-state index contributed by atoms with van der Waals surface area (Å²) in [6.07, 6.45) is 8.74. The molecule has 0 unspecified atom stereocenters. The van der Waals surface area contributed by atoms with E-state index in [1.807, 2.05) is 117 Å². The van der Waals surface area contributed by atoms with E-state index >= 15 is 0 Å². The quantitative estimate of drug-likeness (QED) is 0.0784. The normalized spacial score (nSPS) is 14.0. The molecule has 15 heteroatoms. The van der Waals surface area contributed by atoms with Crippen LogP contribution in [-0.2, 0) is 25.7 Å². The molecular weight excluding hydrogens is 1240 g/mol. The first-order valence-corrected chi connectivity index (χ1v) is 35.0. The second-order valence-electron chi connectivity index (χ2n) is 26.7. The molecule has 0 radical (unpaired) electrons. The van der Waals surface area contributed by atoms with Gasteiger partial charge in [0.25, 0.3) is 0 Å². The molecule has 7 aliphatic heterocycles. The highest BCUT2D eigenvalue weighted by Gasteiger charge is 2.37. The van der Waals surface area contributed by atoms with Crippen LogP contribution in [0.1, 0.15) is 118 Å². The predicted molar refractivity (Wildman–Crippen MR) is 396 cm³/mol. The van der Waals surface area contributed by atoms with E-state index in [2.05, 4.69) is 95.2 Å². The van der Waals surface area contributed by atoms with Gasteiger partial charge >= 0.3 is 17.9 Å². The van der Waals surface area contributed by atoms with Gasteiger partial charge in [-0.3, -0.25) is 0 Å². The van der Waals surface area contributed by atoms with Gasteiger partial charge in [-0.25, -0.2) is 28.1 Å². The molecule has 0 aromatic heterocycles. The number of aryl methyl sites for hydroxylation is 2. The van der Waals surface area contributed by atoms with E-state index < -0.39 is 17.9 Å². The Balaban J connectivity index is 0.000000128. The van der Waals surface area contributed by atoms with Crippen molar-refractivity contribution in [2.45, 2.75) is 79.1 Å². The third kappa shape index (κ3) is 11.9. The van der Waals surface area contributed by atoms with E-state index in [1.165, 1.54) is 33.3 Å². The Bertz CT molecular complexity index is 5310. The molecule has 16 rings (SSSR count). The molecule has 502 valence electrons. The van der Waals surface area contributed by atoms with Gasteiger partial charge in [0.1, 0.15) is 74.5 Å². The Kier molecular flexibility index (Phi) is 18.0. The molecule has 7 aromatic carbocycles. The molecule has 9 aliphatic rings. The first kappa shape index (κ1) is 65.5. The summed E-state index contributed by atoms with van der Waals surface area (Å²) in [5, 5.41) is 36.2. The lowest BCUT2D eigenvalue weighted by molar-refractivity contribution is 0.0686. The number of hydrogen-bond acceptors (Lipinski definition) is 9. The molecule has 0 fully saturated rings. The molecule has 0 saturated heterocycles. The van der Waals surface area contributed by atoms with Crippen LogP contribution in [0.4, 0.5) is 17.1 Å². The maximum atomic E-state index is 12.4. The Hall–Kier alpha value is -10.8. The first-order valence-electron chi connectivity index (χ1n) is 35.0. The number of fused-ring (bicyclic) bond motifs is 8. The average molecular weight is 1320 g/mol. The summed E-state index contributed by atoms with van der Waals surface area (Å²) in [5.41, 5.74) is 19.2. The van der Waals surface area contributed by atoms with Crippen LogP contribution in [0, 0.1) is 0 Å². The maximum Gasteiger partial charge on any atom is 0.336 e. The molecule has 3 N–H and O–H groups in total. The number of carboxylic acids is 3. The number of carbonyl (C=O) groups is 3. The van der Waals surface area contributed by atoms with Crippen molar-refractivity contribution in [1.29, 1.82) is 0 Å². The zero-order valence-electron chi connectivity index (χ0n) is 57.8. The molecule has 7 aromatic rings. The summed E-state index contributed by atoms with van der Waals surface area (Å²) < 4.78 is 26.6. The highest BCUT2D eigenvalue weighted by atomic mass is 16.5. The number of anilines is 3. The summed E-state index contributed by atoms with van der Waals surface area (Å²) >= 11 is 0. The van der Waals surface area contributed by atoms with E-state index in [4.69, 9.17) is 13.6 Å².